The van der Waals surface area contributed by atoms with E-state index in [1.807, 2.05) is 48.5 Å². The summed E-state index contributed by atoms with van der Waals surface area (Å²) in [6.07, 6.45) is 0. The number of fused-ring (bicyclic) bond motifs is 1. The maximum absolute atomic E-state index is 10.1. The van der Waals surface area contributed by atoms with E-state index in [2.05, 4.69) is 17.1 Å². The number of ether oxygens (including phenoxy) is 3. The Balaban J connectivity index is 1.79. The maximum atomic E-state index is 10.1. The molecule has 0 saturated heterocycles. The van der Waals surface area contributed by atoms with Gasteiger partial charge < -0.3 is 19.9 Å². The highest BCUT2D eigenvalue weighted by Crippen LogP contribution is 2.81. The van der Waals surface area contributed by atoms with Crippen molar-refractivity contribution in [3.63, 3.8) is 0 Å². The lowest BCUT2D eigenvalue weighted by Gasteiger charge is -2.29. The zero-order valence-corrected chi connectivity index (χ0v) is 15.4. The van der Waals surface area contributed by atoms with Gasteiger partial charge in [-0.3, -0.25) is 0 Å². The Bertz CT molecular complexity index is 1040. The number of hydrogen-bond acceptors (Lipinski definition) is 7. The smallest absolute Gasteiger partial charge is 0.292 e. The molecule has 2 N–H and O–H groups in total. The lowest BCUT2D eigenvalue weighted by atomic mass is 9.93. The van der Waals surface area contributed by atoms with Crippen LogP contribution in [0.4, 0.5) is 0 Å². The molecule has 1 aliphatic heterocycles. The third-order valence-electron chi connectivity index (χ3n) is 5.65. The second-order valence-corrected chi connectivity index (χ2v) is 6.75. The molecule has 140 valence electrons. The van der Waals surface area contributed by atoms with Crippen molar-refractivity contribution in [1.82, 2.24) is 0 Å². The van der Waals surface area contributed by atoms with Gasteiger partial charge in [-0.2, -0.15) is 10.5 Å². The molecule has 2 aliphatic rings. The summed E-state index contributed by atoms with van der Waals surface area (Å²) in [5.41, 5.74) is 4.16. The molecule has 7 heteroatoms. The van der Waals surface area contributed by atoms with Crippen molar-refractivity contribution in [1.29, 1.82) is 10.5 Å². The van der Waals surface area contributed by atoms with Crippen LogP contribution in [0.25, 0.3) is 0 Å². The molecular formula is C21H18N4O3. The van der Waals surface area contributed by atoms with E-state index in [1.54, 1.807) is 6.07 Å². The largest absolute Gasteiger partial charge is 0.457 e. The summed E-state index contributed by atoms with van der Waals surface area (Å²) in [5, 5.41) is 20.1. The van der Waals surface area contributed by atoms with Gasteiger partial charge in [-0.25, -0.2) is 4.99 Å². The SMILES string of the molecule is COC1(OC)N=C(N)[C@@]2(C#N)[C@@H](c3cccc(Oc4ccccc4)c3)[C@@]12C#N. The molecule has 4 rings (SSSR count). The third-order valence-corrected chi connectivity index (χ3v) is 5.65. The molecule has 1 saturated carbocycles. The molecule has 0 spiro atoms. The molecule has 3 atom stereocenters. The van der Waals surface area contributed by atoms with Gasteiger partial charge in [0, 0.05) is 20.1 Å². The second-order valence-electron chi connectivity index (χ2n) is 6.75. The zero-order chi connectivity index (χ0) is 20.0. The third kappa shape index (κ3) is 1.95. The van der Waals surface area contributed by atoms with E-state index in [1.165, 1.54) is 14.2 Å². The van der Waals surface area contributed by atoms with Gasteiger partial charge in [0.2, 0.25) is 0 Å². The molecule has 28 heavy (non-hydrogen) atoms. The Hall–Kier alpha value is -3.39. The second kappa shape index (κ2) is 6.07. The summed E-state index contributed by atoms with van der Waals surface area (Å²) < 4.78 is 16.8. The van der Waals surface area contributed by atoms with Crippen LogP contribution in [-0.2, 0) is 9.47 Å². The van der Waals surface area contributed by atoms with Crippen molar-refractivity contribution >= 4 is 5.84 Å². The number of nitrogens with zero attached hydrogens (tertiary/aromatic N) is 3. The summed E-state index contributed by atoms with van der Waals surface area (Å²) >= 11 is 0. The number of amidine groups is 1. The molecule has 0 unspecified atom stereocenters. The average Bonchev–Trinajstić information content (AvgIpc) is 3.31. The number of nitriles is 2. The Kier molecular flexibility index (Phi) is 3.90. The summed E-state index contributed by atoms with van der Waals surface area (Å²) in [6.45, 7) is 0. The first-order valence-electron chi connectivity index (χ1n) is 8.66. The fraction of sp³-hybridized carbons (Fsp3) is 0.286. The van der Waals surface area contributed by atoms with Crippen molar-refractivity contribution in [2.45, 2.75) is 11.8 Å². The Morgan fingerprint density at radius 3 is 2.25 bits per heavy atom. The molecule has 2 aromatic carbocycles. The first kappa shape index (κ1) is 18.0. The number of para-hydroxylation sites is 1. The van der Waals surface area contributed by atoms with E-state index in [4.69, 9.17) is 19.9 Å². The van der Waals surface area contributed by atoms with Gasteiger partial charge in [-0.05, 0) is 29.8 Å². The number of benzene rings is 2. The van der Waals surface area contributed by atoms with Gasteiger partial charge in [0.1, 0.15) is 22.7 Å². The van der Waals surface area contributed by atoms with Gasteiger partial charge in [0.05, 0.1) is 12.1 Å². The quantitative estimate of drug-likeness (QED) is 0.805. The lowest BCUT2D eigenvalue weighted by molar-refractivity contribution is -0.230. The molecule has 0 amide bonds. The normalized spacial score (nSPS) is 29.1. The molecule has 1 aliphatic carbocycles. The van der Waals surface area contributed by atoms with Crippen molar-refractivity contribution in [3.8, 4) is 23.6 Å². The number of aliphatic imine (C=N–C) groups is 1. The number of methoxy groups -OCH3 is 2. The van der Waals surface area contributed by atoms with Crippen LogP contribution < -0.4 is 10.5 Å². The minimum atomic E-state index is -1.64. The average molecular weight is 374 g/mol. The summed E-state index contributed by atoms with van der Waals surface area (Å²) in [5.74, 6) is -0.885. The van der Waals surface area contributed by atoms with Gasteiger partial charge in [-0.1, -0.05) is 30.3 Å². The van der Waals surface area contributed by atoms with Crippen molar-refractivity contribution < 1.29 is 14.2 Å². The van der Waals surface area contributed by atoms with Crippen molar-refractivity contribution in [3.05, 3.63) is 60.2 Å². The van der Waals surface area contributed by atoms with Crippen LogP contribution in [0.1, 0.15) is 11.5 Å². The van der Waals surface area contributed by atoms with Crippen molar-refractivity contribution in [2.75, 3.05) is 14.2 Å². The zero-order valence-electron chi connectivity index (χ0n) is 15.4. The van der Waals surface area contributed by atoms with Crippen LogP contribution in [0.5, 0.6) is 11.5 Å². The summed E-state index contributed by atoms with van der Waals surface area (Å²) in [4.78, 5) is 4.21. The van der Waals surface area contributed by atoms with E-state index in [0.29, 0.717) is 11.5 Å². The van der Waals surface area contributed by atoms with Gasteiger partial charge in [-0.15, -0.1) is 0 Å². The first-order chi connectivity index (χ1) is 13.5. The summed E-state index contributed by atoms with van der Waals surface area (Å²) in [7, 11) is 2.77. The fourth-order valence-corrected chi connectivity index (χ4v) is 4.40. The number of hydrogen-bond donors (Lipinski definition) is 1. The van der Waals surface area contributed by atoms with Crippen LogP contribution >= 0.6 is 0 Å². The minimum absolute atomic E-state index is 0.0413. The van der Waals surface area contributed by atoms with Crippen LogP contribution in [0, 0.1) is 33.5 Å². The van der Waals surface area contributed by atoms with Crippen LogP contribution in [0.15, 0.2) is 59.6 Å². The fourth-order valence-electron chi connectivity index (χ4n) is 4.40. The Morgan fingerprint density at radius 1 is 0.964 bits per heavy atom. The van der Waals surface area contributed by atoms with E-state index >= 15 is 0 Å². The lowest BCUT2D eigenvalue weighted by Crippen LogP contribution is -2.41. The first-order valence-corrected chi connectivity index (χ1v) is 8.66. The van der Waals surface area contributed by atoms with Crippen molar-refractivity contribution in [2.24, 2.45) is 21.6 Å². The summed E-state index contributed by atoms with van der Waals surface area (Å²) in [6, 6.07) is 21.1. The molecule has 2 aromatic rings. The molecule has 1 fully saturated rings. The molecule has 0 aromatic heterocycles. The van der Waals surface area contributed by atoms with E-state index < -0.39 is 22.7 Å². The van der Waals surface area contributed by atoms with Gasteiger partial charge in [0.25, 0.3) is 5.91 Å². The van der Waals surface area contributed by atoms with E-state index in [-0.39, 0.29) is 5.84 Å². The number of nitrogens with two attached hydrogens (primary N) is 1. The number of rotatable bonds is 5. The molecule has 7 nitrogen and oxygen atoms in total. The highest BCUT2D eigenvalue weighted by atomic mass is 16.7. The predicted octanol–water partition coefficient (Wildman–Crippen LogP) is 2.91. The molecular weight excluding hydrogens is 356 g/mol. The molecule has 0 bridgehead atoms. The predicted molar refractivity (Wildman–Crippen MR) is 100 cm³/mol. The highest BCUT2D eigenvalue weighted by molar-refractivity contribution is 6.00. The van der Waals surface area contributed by atoms with Crippen LogP contribution in [-0.4, -0.2) is 26.0 Å². The topological polar surface area (TPSA) is 114 Å². The molecule has 1 heterocycles. The van der Waals surface area contributed by atoms with E-state index in [9.17, 15) is 10.5 Å². The van der Waals surface area contributed by atoms with Crippen LogP contribution in [0.3, 0.4) is 0 Å². The Labute approximate surface area is 162 Å². The van der Waals surface area contributed by atoms with Crippen LogP contribution in [0.2, 0.25) is 0 Å². The monoisotopic (exact) mass is 374 g/mol. The minimum Gasteiger partial charge on any atom is -0.457 e. The van der Waals surface area contributed by atoms with E-state index in [0.717, 1.165) is 5.56 Å². The standard InChI is InChI=1S/C21H18N4O3/c1-26-21(27-2)20(13-23)17(19(20,12-22)18(24)25-21)14-7-6-10-16(11-14)28-15-8-4-3-5-9-15/h3-11,17H,1-2H3,(H2,24,25)/t17-,19-,20-/m1/s1. The van der Waals surface area contributed by atoms with Gasteiger partial charge >= 0.3 is 0 Å². The van der Waals surface area contributed by atoms with Gasteiger partial charge in [0.15, 0.2) is 5.41 Å². The maximum Gasteiger partial charge on any atom is 0.292 e. The molecule has 0 radical (unpaired) electrons. The highest BCUT2D eigenvalue weighted by Gasteiger charge is 2.93. The Morgan fingerprint density at radius 2 is 1.64 bits per heavy atom.